The Kier molecular flexibility index (Phi) is 4.56. The van der Waals surface area contributed by atoms with Gasteiger partial charge in [0.1, 0.15) is 0 Å². The Labute approximate surface area is 98.5 Å². The quantitative estimate of drug-likeness (QED) is 0.836. The normalized spacial score (nSPS) is 11.9. The number of nitrogens with one attached hydrogen (secondary N) is 1. The average molecular weight is 268 g/mol. The topological polar surface area (TPSA) is 29.1 Å². The number of halogens is 1. The molecule has 0 heterocycles. The van der Waals surface area contributed by atoms with Crippen LogP contribution in [0.15, 0.2) is 41.4 Å². The summed E-state index contributed by atoms with van der Waals surface area (Å²) in [6, 6.07) is 10.2. The van der Waals surface area contributed by atoms with Gasteiger partial charge in [-0.2, -0.15) is 0 Å². The Hall–Kier alpha value is -1.09. The lowest BCUT2D eigenvalue weighted by molar-refractivity contribution is -0.117. The molecule has 80 valence electrons. The van der Waals surface area contributed by atoms with Gasteiger partial charge in [0.25, 0.3) is 5.91 Å². The number of rotatable bonds is 4. The number of hydrogen-bond donors (Lipinski definition) is 1. The monoisotopic (exact) mass is 267 g/mol. The predicted molar refractivity (Wildman–Crippen MR) is 65.8 cm³/mol. The summed E-state index contributed by atoms with van der Waals surface area (Å²) in [6.07, 6.45) is 0.826. The van der Waals surface area contributed by atoms with Crippen molar-refractivity contribution in [2.75, 3.05) is 0 Å². The van der Waals surface area contributed by atoms with Gasteiger partial charge in [0.2, 0.25) is 0 Å². The van der Waals surface area contributed by atoms with E-state index in [-0.39, 0.29) is 11.9 Å². The number of amides is 1. The van der Waals surface area contributed by atoms with Crippen LogP contribution in [0.5, 0.6) is 0 Å². The van der Waals surface area contributed by atoms with Crippen molar-refractivity contribution in [3.05, 3.63) is 47.0 Å². The molecule has 1 rings (SSSR count). The minimum absolute atomic E-state index is 0.106. The Bertz CT molecular complexity index is 348. The Morgan fingerprint density at radius 3 is 2.60 bits per heavy atom. The molecule has 15 heavy (non-hydrogen) atoms. The van der Waals surface area contributed by atoms with Crippen molar-refractivity contribution >= 4 is 21.8 Å². The molecule has 1 aromatic rings. The molecule has 0 aliphatic rings. The summed E-state index contributed by atoms with van der Waals surface area (Å²) in [5.41, 5.74) is 1.21. The first-order valence-electron chi connectivity index (χ1n) is 4.79. The first kappa shape index (κ1) is 12.0. The van der Waals surface area contributed by atoms with Crippen molar-refractivity contribution in [1.29, 1.82) is 0 Å². The van der Waals surface area contributed by atoms with Gasteiger partial charge in [0.15, 0.2) is 0 Å². The molecule has 0 saturated heterocycles. The van der Waals surface area contributed by atoms with Crippen molar-refractivity contribution in [2.24, 2.45) is 0 Å². The number of carbonyl (C=O) groups is 1. The molecule has 0 aromatic heterocycles. The first-order chi connectivity index (χ1) is 7.09. The SMILES string of the molecule is C=C(Br)C(=O)N[C@H](C)Cc1ccccc1. The Balaban J connectivity index is 2.46. The molecule has 1 atom stereocenters. The highest BCUT2D eigenvalue weighted by Gasteiger charge is 2.08. The second kappa shape index (κ2) is 5.71. The molecule has 1 N–H and O–H groups in total. The average Bonchev–Trinajstić information content (AvgIpc) is 2.18. The molecule has 2 nitrogen and oxygen atoms in total. The summed E-state index contributed by atoms with van der Waals surface area (Å²) < 4.78 is 0.363. The minimum Gasteiger partial charge on any atom is -0.349 e. The van der Waals surface area contributed by atoms with E-state index in [9.17, 15) is 4.79 Å². The lowest BCUT2D eigenvalue weighted by Gasteiger charge is -2.13. The molecule has 0 aliphatic carbocycles. The summed E-state index contributed by atoms with van der Waals surface area (Å²) in [4.78, 5) is 11.3. The maximum absolute atomic E-state index is 11.3. The van der Waals surface area contributed by atoms with Crippen LogP contribution in [0.2, 0.25) is 0 Å². The van der Waals surface area contributed by atoms with E-state index >= 15 is 0 Å². The van der Waals surface area contributed by atoms with Crippen molar-refractivity contribution in [3.8, 4) is 0 Å². The van der Waals surface area contributed by atoms with Gasteiger partial charge in [-0.3, -0.25) is 4.79 Å². The van der Waals surface area contributed by atoms with Crippen LogP contribution in [0, 0.1) is 0 Å². The van der Waals surface area contributed by atoms with E-state index in [4.69, 9.17) is 0 Å². The van der Waals surface area contributed by atoms with Crippen LogP contribution in [-0.4, -0.2) is 11.9 Å². The maximum atomic E-state index is 11.3. The third-order valence-electron chi connectivity index (χ3n) is 2.01. The van der Waals surface area contributed by atoms with Crippen molar-refractivity contribution < 1.29 is 4.79 Å². The van der Waals surface area contributed by atoms with E-state index in [1.54, 1.807) is 0 Å². The van der Waals surface area contributed by atoms with Crippen molar-refractivity contribution in [3.63, 3.8) is 0 Å². The van der Waals surface area contributed by atoms with Crippen molar-refractivity contribution in [1.82, 2.24) is 5.32 Å². The zero-order valence-electron chi connectivity index (χ0n) is 8.66. The molecule has 0 spiro atoms. The third kappa shape index (κ3) is 4.30. The molecule has 3 heteroatoms. The van der Waals surface area contributed by atoms with E-state index in [2.05, 4.69) is 27.8 Å². The number of carbonyl (C=O) groups excluding carboxylic acids is 1. The van der Waals surface area contributed by atoms with Gasteiger partial charge in [-0.05, 0) is 34.8 Å². The van der Waals surface area contributed by atoms with E-state index in [1.165, 1.54) is 5.56 Å². The van der Waals surface area contributed by atoms with E-state index in [0.717, 1.165) is 6.42 Å². The van der Waals surface area contributed by atoms with Gasteiger partial charge in [0, 0.05) is 6.04 Å². The van der Waals surface area contributed by atoms with E-state index in [0.29, 0.717) is 4.48 Å². The number of hydrogen-bond acceptors (Lipinski definition) is 1. The lowest BCUT2D eigenvalue weighted by Crippen LogP contribution is -2.33. The standard InChI is InChI=1S/C12H14BrNO/c1-9(14-12(15)10(2)13)8-11-6-4-3-5-7-11/h3-7,9H,2,8H2,1H3,(H,14,15)/t9-/m1/s1. The zero-order valence-corrected chi connectivity index (χ0v) is 10.3. The summed E-state index contributed by atoms with van der Waals surface area (Å²) in [5, 5.41) is 2.84. The molecule has 0 saturated carbocycles. The van der Waals surface area contributed by atoms with Crippen LogP contribution < -0.4 is 5.32 Å². The largest absolute Gasteiger partial charge is 0.349 e. The van der Waals surface area contributed by atoms with Crippen LogP contribution in [-0.2, 0) is 11.2 Å². The lowest BCUT2D eigenvalue weighted by atomic mass is 10.1. The fourth-order valence-electron chi connectivity index (χ4n) is 1.32. The Morgan fingerprint density at radius 2 is 2.07 bits per heavy atom. The molecule has 1 amide bonds. The fraction of sp³-hybridized carbons (Fsp3) is 0.250. The molecule has 0 unspecified atom stereocenters. The van der Waals surface area contributed by atoms with Gasteiger partial charge in [-0.1, -0.05) is 36.9 Å². The second-order valence-electron chi connectivity index (χ2n) is 3.47. The highest BCUT2D eigenvalue weighted by atomic mass is 79.9. The molecule has 0 bridgehead atoms. The van der Waals surface area contributed by atoms with Gasteiger partial charge in [0.05, 0.1) is 4.48 Å². The van der Waals surface area contributed by atoms with Crippen LogP contribution in [0.1, 0.15) is 12.5 Å². The first-order valence-corrected chi connectivity index (χ1v) is 5.58. The number of benzene rings is 1. The molecular weight excluding hydrogens is 254 g/mol. The Morgan fingerprint density at radius 1 is 1.47 bits per heavy atom. The van der Waals surface area contributed by atoms with Crippen LogP contribution in [0.25, 0.3) is 0 Å². The van der Waals surface area contributed by atoms with E-state index in [1.807, 2.05) is 37.3 Å². The van der Waals surface area contributed by atoms with Gasteiger partial charge in [-0.25, -0.2) is 0 Å². The molecule has 0 fully saturated rings. The smallest absolute Gasteiger partial charge is 0.257 e. The van der Waals surface area contributed by atoms with Crippen LogP contribution in [0.3, 0.4) is 0 Å². The summed E-state index contributed by atoms with van der Waals surface area (Å²) in [7, 11) is 0. The molecule has 0 aliphatic heterocycles. The fourth-order valence-corrected chi connectivity index (χ4v) is 1.44. The second-order valence-corrected chi connectivity index (χ2v) is 4.43. The zero-order chi connectivity index (χ0) is 11.3. The highest BCUT2D eigenvalue weighted by Crippen LogP contribution is 2.05. The molecule has 1 aromatic carbocycles. The third-order valence-corrected chi connectivity index (χ3v) is 2.37. The van der Waals surface area contributed by atoms with Gasteiger partial charge in [-0.15, -0.1) is 0 Å². The minimum atomic E-state index is -0.154. The summed E-state index contributed by atoms with van der Waals surface area (Å²) in [5.74, 6) is -0.154. The van der Waals surface area contributed by atoms with Gasteiger partial charge >= 0.3 is 0 Å². The van der Waals surface area contributed by atoms with Crippen molar-refractivity contribution in [2.45, 2.75) is 19.4 Å². The summed E-state index contributed by atoms with van der Waals surface area (Å²) in [6.45, 7) is 5.49. The van der Waals surface area contributed by atoms with Gasteiger partial charge < -0.3 is 5.32 Å². The highest BCUT2D eigenvalue weighted by molar-refractivity contribution is 9.12. The molecular formula is C12H14BrNO. The molecule has 0 radical (unpaired) electrons. The maximum Gasteiger partial charge on any atom is 0.257 e. The predicted octanol–water partition coefficient (Wildman–Crippen LogP) is 2.64. The van der Waals surface area contributed by atoms with Crippen LogP contribution in [0.4, 0.5) is 0 Å². The summed E-state index contributed by atoms with van der Waals surface area (Å²) >= 11 is 3.05. The van der Waals surface area contributed by atoms with E-state index < -0.39 is 0 Å². The van der Waals surface area contributed by atoms with Crippen LogP contribution >= 0.6 is 15.9 Å².